The molecular formula is C20H30N2O3. The van der Waals surface area contributed by atoms with Gasteiger partial charge in [0.05, 0.1) is 25.9 Å². The third-order valence-electron chi connectivity index (χ3n) is 5.22. The number of ether oxygens (including phenoxy) is 2. The van der Waals surface area contributed by atoms with Crippen molar-refractivity contribution in [3.63, 3.8) is 0 Å². The van der Waals surface area contributed by atoms with Gasteiger partial charge in [-0.2, -0.15) is 0 Å². The molecule has 1 amide bonds. The van der Waals surface area contributed by atoms with Crippen molar-refractivity contribution in [2.45, 2.75) is 57.7 Å². The molecule has 138 valence electrons. The van der Waals surface area contributed by atoms with Crippen LogP contribution in [0.2, 0.25) is 0 Å². The van der Waals surface area contributed by atoms with Crippen molar-refractivity contribution < 1.29 is 14.3 Å². The molecule has 0 spiro atoms. The smallest absolute Gasteiger partial charge is 0.241 e. The molecule has 2 N–H and O–H groups in total. The van der Waals surface area contributed by atoms with Gasteiger partial charge in [0.1, 0.15) is 0 Å². The third-order valence-corrected chi connectivity index (χ3v) is 5.22. The molecule has 3 atom stereocenters. The number of amides is 1. The first kappa shape index (κ1) is 18.4. The van der Waals surface area contributed by atoms with Gasteiger partial charge in [-0.1, -0.05) is 25.0 Å². The minimum absolute atomic E-state index is 0.0563. The maximum Gasteiger partial charge on any atom is 0.241 e. The molecule has 0 radical (unpaired) electrons. The lowest BCUT2D eigenvalue weighted by Crippen LogP contribution is -2.39. The standard InChI is InChI=1S/C20H30N2O3/c1-2-24-10-11-25-14-15-6-5-8-17(12-15)21-20(23)19-13-16-7-3-4-9-18(16)22-19/h5-6,8,12,16,18-19,22H,2-4,7,9-11,13-14H2,1H3,(H,21,23)/t16-,18-,19-/m0/s1. The number of benzene rings is 1. The number of carbonyl (C=O) groups is 1. The highest BCUT2D eigenvalue weighted by molar-refractivity contribution is 5.95. The molecule has 2 aliphatic rings. The van der Waals surface area contributed by atoms with Crippen molar-refractivity contribution in [1.82, 2.24) is 5.32 Å². The molecule has 1 aromatic rings. The van der Waals surface area contributed by atoms with Crippen molar-refractivity contribution >= 4 is 11.6 Å². The van der Waals surface area contributed by atoms with Gasteiger partial charge >= 0.3 is 0 Å². The van der Waals surface area contributed by atoms with E-state index in [9.17, 15) is 4.79 Å². The number of nitrogens with one attached hydrogen (secondary N) is 2. The van der Waals surface area contributed by atoms with Crippen molar-refractivity contribution in [1.29, 1.82) is 0 Å². The Labute approximate surface area is 150 Å². The van der Waals surface area contributed by atoms with E-state index in [1.807, 2.05) is 31.2 Å². The lowest BCUT2D eigenvalue weighted by Gasteiger charge is -2.24. The molecule has 0 bridgehead atoms. The summed E-state index contributed by atoms with van der Waals surface area (Å²) in [4.78, 5) is 12.6. The van der Waals surface area contributed by atoms with Gasteiger partial charge in [-0.3, -0.25) is 4.79 Å². The second kappa shape index (κ2) is 9.32. The van der Waals surface area contributed by atoms with E-state index in [-0.39, 0.29) is 11.9 Å². The van der Waals surface area contributed by atoms with Crippen LogP contribution in [0.3, 0.4) is 0 Å². The zero-order valence-electron chi connectivity index (χ0n) is 15.1. The second-order valence-corrected chi connectivity index (χ2v) is 7.05. The summed E-state index contributed by atoms with van der Waals surface area (Å²) in [7, 11) is 0. The van der Waals surface area contributed by atoms with E-state index < -0.39 is 0 Å². The number of hydrogen-bond donors (Lipinski definition) is 2. The van der Waals surface area contributed by atoms with Gasteiger partial charge in [0.15, 0.2) is 0 Å². The number of hydrogen-bond acceptors (Lipinski definition) is 4. The Morgan fingerprint density at radius 2 is 2.08 bits per heavy atom. The summed E-state index contributed by atoms with van der Waals surface area (Å²) in [6.45, 7) is 4.41. The van der Waals surface area contributed by atoms with Gasteiger partial charge in [0.25, 0.3) is 0 Å². The Morgan fingerprint density at radius 3 is 2.92 bits per heavy atom. The van der Waals surface area contributed by atoms with Crippen molar-refractivity contribution in [2.24, 2.45) is 5.92 Å². The average Bonchev–Trinajstić information content (AvgIpc) is 3.06. The van der Waals surface area contributed by atoms with Crippen molar-refractivity contribution in [2.75, 3.05) is 25.1 Å². The molecule has 25 heavy (non-hydrogen) atoms. The van der Waals surface area contributed by atoms with Crippen LogP contribution in [0.25, 0.3) is 0 Å². The molecular weight excluding hydrogens is 316 g/mol. The predicted molar refractivity (Wildman–Crippen MR) is 98.5 cm³/mol. The Hall–Kier alpha value is -1.43. The van der Waals surface area contributed by atoms with E-state index in [2.05, 4.69) is 10.6 Å². The molecule has 3 rings (SSSR count). The third kappa shape index (κ3) is 5.27. The fourth-order valence-corrected chi connectivity index (χ4v) is 3.94. The molecule has 2 fully saturated rings. The summed E-state index contributed by atoms with van der Waals surface area (Å²) in [6, 6.07) is 8.37. The SMILES string of the molecule is CCOCCOCc1cccc(NC(=O)[C@@H]2C[C@@H]3CCCC[C@@H]3N2)c1. The van der Waals surface area contributed by atoms with Crippen LogP contribution in [0.4, 0.5) is 5.69 Å². The first-order valence-corrected chi connectivity index (χ1v) is 9.57. The molecule has 5 nitrogen and oxygen atoms in total. The summed E-state index contributed by atoms with van der Waals surface area (Å²) >= 11 is 0. The molecule has 1 aliphatic heterocycles. The average molecular weight is 346 g/mol. The first-order chi connectivity index (χ1) is 12.3. The Bertz CT molecular complexity index is 550. The summed E-state index contributed by atoms with van der Waals surface area (Å²) in [5.74, 6) is 0.762. The van der Waals surface area contributed by atoms with Crippen LogP contribution in [0, 0.1) is 5.92 Å². The van der Waals surface area contributed by atoms with Crippen LogP contribution >= 0.6 is 0 Å². The fourth-order valence-electron chi connectivity index (χ4n) is 3.94. The largest absolute Gasteiger partial charge is 0.379 e. The van der Waals surface area contributed by atoms with Gasteiger partial charge in [-0.05, 0) is 49.8 Å². The van der Waals surface area contributed by atoms with Gasteiger partial charge in [-0.15, -0.1) is 0 Å². The van der Waals surface area contributed by atoms with E-state index in [1.165, 1.54) is 25.7 Å². The number of fused-ring (bicyclic) bond motifs is 1. The summed E-state index contributed by atoms with van der Waals surface area (Å²) in [6.07, 6.45) is 6.03. The minimum atomic E-state index is -0.0563. The summed E-state index contributed by atoms with van der Waals surface area (Å²) in [5, 5.41) is 6.59. The highest BCUT2D eigenvalue weighted by Crippen LogP contribution is 2.33. The van der Waals surface area contributed by atoms with E-state index in [0.29, 0.717) is 38.4 Å². The van der Waals surface area contributed by atoms with Crippen LogP contribution in [0.5, 0.6) is 0 Å². The maximum atomic E-state index is 12.6. The highest BCUT2D eigenvalue weighted by Gasteiger charge is 2.38. The van der Waals surface area contributed by atoms with Crippen molar-refractivity contribution in [3.05, 3.63) is 29.8 Å². The van der Waals surface area contributed by atoms with Gasteiger partial charge < -0.3 is 20.1 Å². The lowest BCUT2D eigenvalue weighted by molar-refractivity contribution is -0.117. The Morgan fingerprint density at radius 1 is 1.24 bits per heavy atom. The molecule has 1 heterocycles. The summed E-state index contributed by atoms with van der Waals surface area (Å²) < 4.78 is 10.9. The fraction of sp³-hybridized carbons (Fsp3) is 0.650. The monoisotopic (exact) mass is 346 g/mol. The molecule has 0 aromatic heterocycles. The number of rotatable bonds is 8. The molecule has 0 unspecified atom stereocenters. The lowest BCUT2D eigenvalue weighted by atomic mass is 9.85. The number of carbonyl (C=O) groups excluding carboxylic acids is 1. The Kier molecular flexibility index (Phi) is 6.84. The number of anilines is 1. The second-order valence-electron chi connectivity index (χ2n) is 7.05. The van der Waals surface area contributed by atoms with E-state index in [0.717, 1.165) is 17.7 Å². The molecule has 1 aliphatic carbocycles. The minimum Gasteiger partial charge on any atom is -0.379 e. The zero-order valence-corrected chi connectivity index (χ0v) is 15.1. The van der Waals surface area contributed by atoms with Crippen molar-refractivity contribution in [3.8, 4) is 0 Å². The van der Waals surface area contributed by atoms with Crippen LogP contribution in [-0.4, -0.2) is 37.8 Å². The van der Waals surface area contributed by atoms with Crippen LogP contribution in [0.15, 0.2) is 24.3 Å². The molecule has 1 aromatic carbocycles. The van der Waals surface area contributed by atoms with Gasteiger partial charge in [0, 0.05) is 18.3 Å². The quantitative estimate of drug-likeness (QED) is 0.710. The summed E-state index contributed by atoms with van der Waals surface area (Å²) in [5.41, 5.74) is 1.90. The van der Waals surface area contributed by atoms with E-state index in [1.54, 1.807) is 0 Å². The zero-order chi connectivity index (χ0) is 17.5. The predicted octanol–water partition coefficient (Wildman–Crippen LogP) is 3.10. The molecule has 1 saturated heterocycles. The van der Waals surface area contributed by atoms with Gasteiger partial charge in [0.2, 0.25) is 5.91 Å². The van der Waals surface area contributed by atoms with Crippen LogP contribution < -0.4 is 10.6 Å². The van der Waals surface area contributed by atoms with E-state index >= 15 is 0 Å². The maximum absolute atomic E-state index is 12.6. The van der Waals surface area contributed by atoms with Crippen LogP contribution in [0.1, 0.15) is 44.6 Å². The first-order valence-electron chi connectivity index (χ1n) is 9.57. The van der Waals surface area contributed by atoms with Crippen LogP contribution in [-0.2, 0) is 20.9 Å². The normalized spacial score (nSPS) is 25.6. The topological polar surface area (TPSA) is 59.6 Å². The highest BCUT2D eigenvalue weighted by atomic mass is 16.5. The molecule has 1 saturated carbocycles. The van der Waals surface area contributed by atoms with E-state index in [4.69, 9.17) is 9.47 Å². The Balaban J connectivity index is 1.47. The molecule has 5 heteroatoms. The van der Waals surface area contributed by atoms with Gasteiger partial charge in [-0.25, -0.2) is 0 Å².